The van der Waals surface area contributed by atoms with Gasteiger partial charge in [-0.25, -0.2) is 4.98 Å². The average molecular weight is 413 g/mol. The Labute approximate surface area is 167 Å². The van der Waals surface area contributed by atoms with Crippen LogP contribution in [0.15, 0.2) is 45.5 Å². The van der Waals surface area contributed by atoms with E-state index in [0.717, 1.165) is 10.6 Å². The Kier molecular flexibility index (Phi) is 5.04. The molecule has 0 saturated carbocycles. The number of carbonyl (C=O) groups is 2. The van der Waals surface area contributed by atoms with E-state index in [4.69, 9.17) is 4.42 Å². The Balaban J connectivity index is 1.42. The zero-order chi connectivity index (χ0) is 19.5. The number of carbonyl (C=O) groups excluding carboxylic acids is 2. The Hall–Kier alpha value is -3.24. The van der Waals surface area contributed by atoms with Gasteiger partial charge in [0.25, 0.3) is 5.91 Å². The molecule has 142 valence electrons. The topological polar surface area (TPSA) is 113 Å². The quantitative estimate of drug-likeness (QED) is 0.446. The maximum absolute atomic E-state index is 12.4. The third-order valence-electron chi connectivity index (χ3n) is 3.75. The number of aromatic nitrogens is 3. The second kappa shape index (κ2) is 7.79. The lowest BCUT2D eigenvalue weighted by atomic mass is 10.3. The molecule has 0 aliphatic carbocycles. The van der Waals surface area contributed by atoms with Gasteiger partial charge in [-0.15, -0.1) is 22.7 Å². The number of H-pyrrole nitrogens is 1. The molecule has 0 atom stereocenters. The fourth-order valence-electron chi connectivity index (χ4n) is 2.42. The van der Waals surface area contributed by atoms with Crippen LogP contribution >= 0.6 is 22.7 Å². The number of nitrogens with zero attached hydrogens (tertiary/aromatic N) is 2. The highest BCUT2D eigenvalue weighted by Crippen LogP contribution is 2.27. The number of thiophene rings is 1. The van der Waals surface area contributed by atoms with E-state index in [-0.39, 0.29) is 17.5 Å². The summed E-state index contributed by atoms with van der Waals surface area (Å²) in [5.74, 6) is 0.723. The summed E-state index contributed by atoms with van der Waals surface area (Å²) in [5.41, 5.74) is 1.69. The molecule has 8 nitrogen and oxygen atoms in total. The van der Waals surface area contributed by atoms with Gasteiger partial charge in [-0.2, -0.15) is 5.10 Å². The van der Waals surface area contributed by atoms with Gasteiger partial charge in [0.05, 0.1) is 17.1 Å². The largest absolute Gasteiger partial charge is 0.458 e. The Morgan fingerprint density at radius 1 is 1.25 bits per heavy atom. The smallest absolute Gasteiger partial charge is 0.277 e. The predicted molar refractivity (Wildman–Crippen MR) is 107 cm³/mol. The standard InChI is InChI=1S/C18H15N5O3S2/c1-10(24)19-8-11-4-5-15(26-11)14-9-28-18(20-14)21-17(25)13-7-12(22-23-13)16-3-2-6-27-16/h2-7,9H,8H2,1H3,(H,19,24)(H,22,23)(H,20,21,25). The lowest BCUT2D eigenvalue weighted by Gasteiger charge is -1.98. The molecule has 10 heteroatoms. The minimum Gasteiger partial charge on any atom is -0.458 e. The summed E-state index contributed by atoms with van der Waals surface area (Å²) in [6, 6.07) is 9.15. The van der Waals surface area contributed by atoms with Crippen LogP contribution in [0.5, 0.6) is 0 Å². The van der Waals surface area contributed by atoms with Gasteiger partial charge in [0.2, 0.25) is 5.91 Å². The molecular weight excluding hydrogens is 398 g/mol. The highest BCUT2D eigenvalue weighted by Gasteiger charge is 2.15. The minimum atomic E-state index is -0.342. The normalized spacial score (nSPS) is 10.8. The van der Waals surface area contributed by atoms with E-state index in [1.807, 2.05) is 17.5 Å². The summed E-state index contributed by atoms with van der Waals surface area (Å²) < 4.78 is 5.67. The highest BCUT2D eigenvalue weighted by atomic mass is 32.1. The number of rotatable bonds is 6. The van der Waals surface area contributed by atoms with Gasteiger partial charge in [-0.05, 0) is 29.6 Å². The van der Waals surface area contributed by atoms with Crippen molar-refractivity contribution < 1.29 is 14.0 Å². The van der Waals surface area contributed by atoms with E-state index in [1.165, 1.54) is 18.3 Å². The van der Waals surface area contributed by atoms with Crippen LogP contribution in [-0.2, 0) is 11.3 Å². The maximum Gasteiger partial charge on any atom is 0.277 e. The first kappa shape index (κ1) is 18.1. The van der Waals surface area contributed by atoms with E-state index in [2.05, 4.69) is 25.8 Å². The van der Waals surface area contributed by atoms with Crippen LogP contribution in [0.2, 0.25) is 0 Å². The van der Waals surface area contributed by atoms with Crippen molar-refractivity contribution >= 4 is 39.6 Å². The molecular formula is C18H15N5O3S2. The molecule has 0 unspecified atom stereocenters. The van der Waals surface area contributed by atoms with Gasteiger partial charge in [-0.1, -0.05) is 6.07 Å². The summed E-state index contributed by atoms with van der Waals surface area (Å²) >= 11 is 2.86. The van der Waals surface area contributed by atoms with E-state index < -0.39 is 0 Å². The van der Waals surface area contributed by atoms with Crippen molar-refractivity contribution in [2.24, 2.45) is 0 Å². The molecule has 4 aromatic rings. The molecule has 0 fully saturated rings. The second-order valence-electron chi connectivity index (χ2n) is 5.81. The molecule has 4 rings (SSSR count). The Bertz CT molecular complexity index is 1110. The molecule has 0 aromatic carbocycles. The molecule has 0 bridgehead atoms. The molecule has 2 amide bonds. The monoisotopic (exact) mass is 413 g/mol. The van der Waals surface area contributed by atoms with Gasteiger partial charge in [-0.3, -0.25) is 20.0 Å². The van der Waals surface area contributed by atoms with Crippen molar-refractivity contribution in [1.82, 2.24) is 20.5 Å². The summed E-state index contributed by atoms with van der Waals surface area (Å²) in [6.07, 6.45) is 0. The van der Waals surface area contributed by atoms with Crippen LogP contribution in [0.4, 0.5) is 5.13 Å². The van der Waals surface area contributed by atoms with Crippen LogP contribution in [0.25, 0.3) is 22.0 Å². The van der Waals surface area contributed by atoms with Crippen LogP contribution in [0.3, 0.4) is 0 Å². The zero-order valence-corrected chi connectivity index (χ0v) is 16.3. The van der Waals surface area contributed by atoms with Gasteiger partial charge < -0.3 is 9.73 Å². The number of nitrogens with one attached hydrogen (secondary N) is 3. The third-order valence-corrected chi connectivity index (χ3v) is 5.41. The molecule has 0 radical (unpaired) electrons. The number of furan rings is 1. The van der Waals surface area contributed by atoms with E-state index in [9.17, 15) is 9.59 Å². The summed E-state index contributed by atoms with van der Waals surface area (Å²) in [4.78, 5) is 28.8. The lowest BCUT2D eigenvalue weighted by molar-refractivity contribution is -0.119. The van der Waals surface area contributed by atoms with Crippen molar-refractivity contribution in [3.63, 3.8) is 0 Å². The Morgan fingerprint density at radius 2 is 2.14 bits per heavy atom. The minimum absolute atomic E-state index is 0.128. The van der Waals surface area contributed by atoms with Crippen LogP contribution < -0.4 is 10.6 Å². The van der Waals surface area contributed by atoms with Gasteiger partial charge in [0.15, 0.2) is 16.6 Å². The SMILES string of the molecule is CC(=O)NCc1ccc(-c2csc(NC(=O)c3cc(-c4cccs4)[nH]n3)n2)o1. The van der Waals surface area contributed by atoms with Crippen molar-refractivity contribution in [2.45, 2.75) is 13.5 Å². The first-order chi connectivity index (χ1) is 13.6. The first-order valence-corrected chi connectivity index (χ1v) is 10.0. The molecule has 0 aliphatic rings. The number of aromatic amines is 1. The van der Waals surface area contributed by atoms with Crippen molar-refractivity contribution in [2.75, 3.05) is 5.32 Å². The fraction of sp³-hybridized carbons (Fsp3) is 0.111. The second-order valence-corrected chi connectivity index (χ2v) is 7.62. The molecule has 28 heavy (non-hydrogen) atoms. The van der Waals surface area contributed by atoms with E-state index >= 15 is 0 Å². The van der Waals surface area contributed by atoms with Crippen LogP contribution in [0, 0.1) is 0 Å². The summed E-state index contributed by atoms with van der Waals surface area (Å²) in [5, 5.41) is 16.5. The van der Waals surface area contributed by atoms with E-state index in [1.54, 1.807) is 34.9 Å². The molecule has 3 N–H and O–H groups in total. The Morgan fingerprint density at radius 3 is 2.93 bits per heavy atom. The maximum atomic E-state index is 12.4. The van der Waals surface area contributed by atoms with Crippen LogP contribution in [0.1, 0.15) is 23.2 Å². The first-order valence-electron chi connectivity index (χ1n) is 8.28. The number of amides is 2. The van der Waals surface area contributed by atoms with Crippen molar-refractivity contribution in [3.8, 4) is 22.0 Å². The molecule has 0 saturated heterocycles. The number of thiazole rings is 1. The van der Waals surface area contributed by atoms with Crippen LogP contribution in [-0.4, -0.2) is 27.0 Å². The average Bonchev–Trinajstić information content (AvgIpc) is 3.46. The number of anilines is 1. The lowest BCUT2D eigenvalue weighted by Crippen LogP contribution is -2.18. The highest BCUT2D eigenvalue weighted by molar-refractivity contribution is 7.14. The van der Waals surface area contributed by atoms with Gasteiger partial charge in [0, 0.05) is 12.3 Å². The number of hydrogen-bond donors (Lipinski definition) is 3. The molecule has 4 aromatic heterocycles. The van der Waals surface area contributed by atoms with Crippen molar-refractivity contribution in [3.05, 3.63) is 52.5 Å². The summed E-state index contributed by atoms with van der Waals surface area (Å²) in [6.45, 7) is 1.76. The summed E-state index contributed by atoms with van der Waals surface area (Å²) in [7, 11) is 0. The number of hydrogen-bond acceptors (Lipinski definition) is 7. The predicted octanol–water partition coefficient (Wildman–Crippen LogP) is 3.74. The van der Waals surface area contributed by atoms with E-state index in [0.29, 0.717) is 28.9 Å². The zero-order valence-electron chi connectivity index (χ0n) is 14.7. The van der Waals surface area contributed by atoms with Gasteiger partial charge in [0.1, 0.15) is 11.5 Å². The molecule has 0 spiro atoms. The van der Waals surface area contributed by atoms with Crippen molar-refractivity contribution in [1.29, 1.82) is 0 Å². The fourth-order valence-corrected chi connectivity index (χ4v) is 3.81. The molecule has 0 aliphatic heterocycles. The van der Waals surface area contributed by atoms with Gasteiger partial charge >= 0.3 is 0 Å². The third kappa shape index (κ3) is 4.02. The molecule has 4 heterocycles.